The van der Waals surface area contributed by atoms with Crippen LogP contribution in [0.1, 0.15) is 44.1 Å². The Morgan fingerprint density at radius 3 is 2.88 bits per heavy atom. The molecule has 0 aliphatic carbocycles. The molecule has 1 aromatic heterocycles. The van der Waals surface area contributed by atoms with Crippen molar-refractivity contribution in [3.05, 3.63) is 11.4 Å². The summed E-state index contributed by atoms with van der Waals surface area (Å²) in [6.07, 6.45) is 3.19. The molecule has 5 heteroatoms. The highest BCUT2D eigenvalue weighted by Gasteiger charge is 2.15. The molecule has 17 heavy (non-hydrogen) atoms. The van der Waals surface area contributed by atoms with Gasteiger partial charge in [-0.3, -0.25) is 0 Å². The molecule has 0 bridgehead atoms. The van der Waals surface area contributed by atoms with E-state index in [0.29, 0.717) is 13.0 Å². The molecule has 0 saturated heterocycles. The molecule has 0 radical (unpaired) electrons. The van der Waals surface area contributed by atoms with Crippen LogP contribution in [0.5, 0.6) is 0 Å². The quantitative estimate of drug-likeness (QED) is 0.725. The Labute approximate surface area is 102 Å². The Balaban J connectivity index is 2.86. The number of nitrogens with zero attached hydrogens (tertiary/aromatic N) is 4. The van der Waals surface area contributed by atoms with E-state index in [1.165, 1.54) is 0 Å². The Hall–Kier alpha value is -1.41. The lowest BCUT2D eigenvalue weighted by atomic mass is 10.1. The van der Waals surface area contributed by atoms with Gasteiger partial charge in [0.05, 0.1) is 29.9 Å². The van der Waals surface area contributed by atoms with E-state index in [1.54, 1.807) is 7.11 Å². The van der Waals surface area contributed by atoms with Gasteiger partial charge in [0.2, 0.25) is 0 Å². The van der Waals surface area contributed by atoms with E-state index >= 15 is 0 Å². The maximum absolute atomic E-state index is 8.75. The Morgan fingerprint density at radius 1 is 1.53 bits per heavy atom. The van der Waals surface area contributed by atoms with E-state index in [4.69, 9.17) is 10.00 Å². The summed E-state index contributed by atoms with van der Waals surface area (Å²) in [6.45, 7) is 4.93. The van der Waals surface area contributed by atoms with Gasteiger partial charge in [0.15, 0.2) is 0 Å². The van der Waals surface area contributed by atoms with E-state index in [-0.39, 0.29) is 6.04 Å². The van der Waals surface area contributed by atoms with E-state index in [2.05, 4.69) is 30.2 Å². The summed E-state index contributed by atoms with van der Waals surface area (Å²) in [6, 6.07) is 2.40. The number of rotatable bonds is 7. The average molecular weight is 236 g/mol. The number of methoxy groups -OCH3 is 1. The Kier molecular flexibility index (Phi) is 5.64. The van der Waals surface area contributed by atoms with Crippen LogP contribution >= 0.6 is 0 Å². The molecule has 0 amide bonds. The van der Waals surface area contributed by atoms with Crippen LogP contribution in [-0.4, -0.2) is 28.7 Å². The van der Waals surface area contributed by atoms with Crippen molar-refractivity contribution in [3.8, 4) is 6.07 Å². The number of aromatic nitrogens is 3. The zero-order chi connectivity index (χ0) is 12.7. The summed E-state index contributed by atoms with van der Waals surface area (Å²) in [5, 5.41) is 17.0. The largest absolute Gasteiger partial charge is 0.385 e. The van der Waals surface area contributed by atoms with Gasteiger partial charge in [-0.15, -0.1) is 5.10 Å². The molecule has 1 aromatic rings. The van der Waals surface area contributed by atoms with Crippen LogP contribution in [-0.2, 0) is 17.6 Å². The first-order valence-corrected chi connectivity index (χ1v) is 6.03. The number of hydrogen-bond acceptors (Lipinski definition) is 4. The molecule has 94 valence electrons. The lowest BCUT2D eigenvalue weighted by Gasteiger charge is -2.14. The van der Waals surface area contributed by atoms with Gasteiger partial charge in [0.25, 0.3) is 0 Å². The topological polar surface area (TPSA) is 63.7 Å². The first-order valence-electron chi connectivity index (χ1n) is 6.03. The zero-order valence-corrected chi connectivity index (χ0v) is 10.8. The molecule has 5 nitrogen and oxygen atoms in total. The van der Waals surface area contributed by atoms with Crippen LogP contribution < -0.4 is 0 Å². The summed E-state index contributed by atoms with van der Waals surface area (Å²) >= 11 is 0. The molecular formula is C12H20N4O. The van der Waals surface area contributed by atoms with Gasteiger partial charge in [-0.1, -0.05) is 18.6 Å². The summed E-state index contributed by atoms with van der Waals surface area (Å²) < 4.78 is 7.01. The third kappa shape index (κ3) is 3.53. The fourth-order valence-corrected chi connectivity index (χ4v) is 1.82. The first-order chi connectivity index (χ1) is 8.24. The minimum absolute atomic E-state index is 0.261. The monoisotopic (exact) mass is 236 g/mol. The molecule has 1 unspecified atom stereocenters. The van der Waals surface area contributed by atoms with Gasteiger partial charge in [-0.2, -0.15) is 5.26 Å². The van der Waals surface area contributed by atoms with Crippen LogP contribution in [0.2, 0.25) is 0 Å². The van der Waals surface area contributed by atoms with Gasteiger partial charge < -0.3 is 4.74 Å². The predicted octanol–water partition coefficient (Wildman–Crippen LogP) is 1.89. The minimum atomic E-state index is 0.261. The van der Waals surface area contributed by atoms with E-state index in [1.807, 2.05) is 4.68 Å². The molecule has 0 saturated carbocycles. The second-order valence-corrected chi connectivity index (χ2v) is 4.14. The van der Waals surface area contributed by atoms with E-state index in [0.717, 1.165) is 30.7 Å². The van der Waals surface area contributed by atoms with Crippen molar-refractivity contribution in [2.24, 2.45) is 0 Å². The van der Waals surface area contributed by atoms with Crippen molar-refractivity contribution in [2.45, 2.75) is 45.6 Å². The van der Waals surface area contributed by atoms with Crippen LogP contribution in [0.15, 0.2) is 0 Å². The molecule has 0 aromatic carbocycles. The van der Waals surface area contributed by atoms with Crippen molar-refractivity contribution in [1.29, 1.82) is 5.26 Å². The summed E-state index contributed by atoms with van der Waals surface area (Å²) in [5.74, 6) is 0. The van der Waals surface area contributed by atoms with Gasteiger partial charge in [0, 0.05) is 13.7 Å². The highest BCUT2D eigenvalue weighted by Crippen LogP contribution is 2.17. The molecule has 0 fully saturated rings. The number of ether oxygens (including phenoxy) is 1. The third-order valence-corrected chi connectivity index (χ3v) is 2.76. The minimum Gasteiger partial charge on any atom is -0.385 e. The fraction of sp³-hybridized carbons (Fsp3) is 0.750. The fourth-order valence-electron chi connectivity index (χ4n) is 1.82. The first kappa shape index (κ1) is 13.7. The molecule has 0 N–H and O–H groups in total. The van der Waals surface area contributed by atoms with Gasteiger partial charge in [-0.05, 0) is 19.8 Å². The van der Waals surface area contributed by atoms with E-state index < -0.39 is 0 Å². The standard InChI is InChI=1S/C12H20N4O/c1-4-5-12-11(6-8-13)14-15-16(12)10(2)7-9-17-3/h10H,4-7,9H2,1-3H3. The van der Waals surface area contributed by atoms with Crippen LogP contribution in [0, 0.1) is 11.3 Å². The van der Waals surface area contributed by atoms with E-state index in [9.17, 15) is 0 Å². The normalized spacial score (nSPS) is 12.4. The summed E-state index contributed by atoms with van der Waals surface area (Å²) in [7, 11) is 1.70. The lowest BCUT2D eigenvalue weighted by Crippen LogP contribution is -2.13. The van der Waals surface area contributed by atoms with Crippen molar-refractivity contribution < 1.29 is 4.74 Å². The molecule has 1 atom stereocenters. The highest BCUT2D eigenvalue weighted by atomic mass is 16.5. The predicted molar refractivity (Wildman–Crippen MR) is 64.5 cm³/mol. The van der Waals surface area contributed by atoms with Crippen molar-refractivity contribution in [1.82, 2.24) is 15.0 Å². The van der Waals surface area contributed by atoms with Crippen molar-refractivity contribution >= 4 is 0 Å². The van der Waals surface area contributed by atoms with Gasteiger partial charge in [0.1, 0.15) is 0 Å². The Bertz CT molecular complexity index is 380. The number of nitriles is 1. The van der Waals surface area contributed by atoms with Crippen LogP contribution in [0.4, 0.5) is 0 Å². The van der Waals surface area contributed by atoms with Crippen molar-refractivity contribution in [3.63, 3.8) is 0 Å². The third-order valence-electron chi connectivity index (χ3n) is 2.76. The second-order valence-electron chi connectivity index (χ2n) is 4.14. The van der Waals surface area contributed by atoms with Gasteiger partial charge >= 0.3 is 0 Å². The van der Waals surface area contributed by atoms with Crippen LogP contribution in [0.25, 0.3) is 0 Å². The SMILES string of the molecule is CCCc1c(CC#N)nnn1C(C)CCOC. The molecule has 0 aliphatic rings. The molecule has 0 spiro atoms. The molecule has 1 heterocycles. The molecular weight excluding hydrogens is 216 g/mol. The van der Waals surface area contributed by atoms with Crippen molar-refractivity contribution in [2.75, 3.05) is 13.7 Å². The molecule has 0 aliphatic heterocycles. The zero-order valence-electron chi connectivity index (χ0n) is 10.8. The smallest absolute Gasteiger partial charge is 0.0999 e. The number of hydrogen-bond donors (Lipinski definition) is 0. The summed E-state index contributed by atoms with van der Waals surface area (Å²) in [5.41, 5.74) is 1.91. The average Bonchev–Trinajstić information content (AvgIpc) is 2.71. The summed E-state index contributed by atoms with van der Waals surface area (Å²) in [4.78, 5) is 0. The maximum atomic E-state index is 8.75. The second kappa shape index (κ2) is 7.02. The maximum Gasteiger partial charge on any atom is 0.0999 e. The van der Waals surface area contributed by atoms with Crippen LogP contribution in [0.3, 0.4) is 0 Å². The van der Waals surface area contributed by atoms with Gasteiger partial charge in [-0.25, -0.2) is 4.68 Å². The lowest BCUT2D eigenvalue weighted by molar-refractivity contribution is 0.177. The Morgan fingerprint density at radius 2 is 2.29 bits per heavy atom. The molecule has 1 rings (SSSR count). The highest BCUT2D eigenvalue weighted by molar-refractivity contribution is 5.15.